The fourth-order valence-electron chi connectivity index (χ4n) is 1.54. The van der Waals surface area contributed by atoms with Gasteiger partial charge in [-0.05, 0) is 13.3 Å². The van der Waals surface area contributed by atoms with Crippen LogP contribution in [0.25, 0.3) is 0 Å². The van der Waals surface area contributed by atoms with Gasteiger partial charge in [0, 0.05) is 6.54 Å². The van der Waals surface area contributed by atoms with E-state index in [9.17, 15) is 22.8 Å². The predicted molar refractivity (Wildman–Crippen MR) is 47.5 cm³/mol. The van der Waals surface area contributed by atoms with Crippen LogP contribution in [-0.4, -0.2) is 41.1 Å². The molecule has 0 saturated heterocycles. The lowest BCUT2D eigenvalue weighted by molar-refractivity contribution is -0.162. The molecule has 1 N–H and O–H groups in total. The molecule has 1 saturated carbocycles. The maximum absolute atomic E-state index is 12.1. The number of hydrogen-bond acceptors (Lipinski definition) is 2. The molecule has 92 valence electrons. The van der Waals surface area contributed by atoms with Crippen LogP contribution < -0.4 is 0 Å². The van der Waals surface area contributed by atoms with Gasteiger partial charge in [0.2, 0.25) is 5.91 Å². The van der Waals surface area contributed by atoms with Crippen LogP contribution in [0.4, 0.5) is 13.2 Å². The molecule has 0 radical (unpaired) electrons. The molecule has 0 bridgehead atoms. The summed E-state index contributed by atoms with van der Waals surface area (Å²) in [5, 5.41) is 8.57. The first-order chi connectivity index (χ1) is 7.26. The molecule has 4 nitrogen and oxygen atoms in total. The molecule has 0 aromatic heterocycles. The Bertz CT molecular complexity index is 303. The first kappa shape index (κ1) is 12.8. The van der Waals surface area contributed by atoms with E-state index in [4.69, 9.17) is 5.11 Å². The quantitative estimate of drug-likeness (QED) is 0.799. The summed E-state index contributed by atoms with van der Waals surface area (Å²) in [4.78, 5) is 22.6. The van der Waals surface area contributed by atoms with Gasteiger partial charge >= 0.3 is 12.1 Å². The van der Waals surface area contributed by atoms with Crippen LogP contribution in [0.3, 0.4) is 0 Å². The Labute approximate surface area is 90.0 Å². The SMILES string of the molecule is CCN(CC(F)(F)F)C(=O)C1CC1C(=O)O. The molecule has 2 atom stereocenters. The summed E-state index contributed by atoms with van der Waals surface area (Å²) in [6.45, 7) is 0.0498. The number of rotatable bonds is 4. The third kappa shape index (κ3) is 3.11. The van der Waals surface area contributed by atoms with Gasteiger partial charge in [-0.3, -0.25) is 9.59 Å². The molecular weight excluding hydrogens is 227 g/mol. The lowest BCUT2D eigenvalue weighted by atomic mass is 10.2. The molecule has 1 aliphatic carbocycles. The van der Waals surface area contributed by atoms with Crippen molar-refractivity contribution in [3.8, 4) is 0 Å². The number of hydrogen-bond donors (Lipinski definition) is 1. The van der Waals surface area contributed by atoms with E-state index >= 15 is 0 Å². The van der Waals surface area contributed by atoms with Crippen molar-refractivity contribution >= 4 is 11.9 Å². The van der Waals surface area contributed by atoms with Crippen molar-refractivity contribution in [3.63, 3.8) is 0 Å². The van der Waals surface area contributed by atoms with E-state index < -0.39 is 36.4 Å². The summed E-state index contributed by atoms with van der Waals surface area (Å²) in [5.41, 5.74) is 0. The Morgan fingerprint density at radius 3 is 2.25 bits per heavy atom. The number of alkyl halides is 3. The molecule has 1 amide bonds. The van der Waals surface area contributed by atoms with Crippen LogP contribution in [0.2, 0.25) is 0 Å². The van der Waals surface area contributed by atoms with Crippen LogP contribution in [0.1, 0.15) is 13.3 Å². The van der Waals surface area contributed by atoms with Gasteiger partial charge in [-0.15, -0.1) is 0 Å². The second kappa shape index (κ2) is 4.31. The van der Waals surface area contributed by atoms with E-state index in [0.29, 0.717) is 4.90 Å². The second-order valence-electron chi connectivity index (χ2n) is 3.75. The number of carbonyl (C=O) groups excluding carboxylic acids is 1. The van der Waals surface area contributed by atoms with Gasteiger partial charge in [0.1, 0.15) is 6.54 Å². The molecular formula is C9H12F3NO3. The van der Waals surface area contributed by atoms with Crippen molar-refractivity contribution in [1.82, 2.24) is 4.90 Å². The minimum Gasteiger partial charge on any atom is -0.481 e. The van der Waals surface area contributed by atoms with Gasteiger partial charge in [-0.2, -0.15) is 13.2 Å². The lowest BCUT2D eigenvalue weighted by Crippen LogP contribution is -2.40. The minimum absolute atomic E-state index is 0.0683. The summed E-state index contributed by atoms with van der Waals surface area (Å²) in [5.74, 6) is -3.43. The van der Waals surface area contributed by atoms with Crippen molar-refractivity contribution in [2.75, 3.05) is 13.1 Å². The molecule has 1 rings (SSSR count). The predicted octanol–water partition coefficient (Wildman–Crippen LogP) is 1.12. The number of halogens is 3. The highest BCUT2D eigenvalue weighted by Gasteiger charge is 2.50. The van der Waals surface area contributed by atoms with Gasteiger partial charge in [-0.25, -0.2) is 0 Å². The van der Waals surface area contributed by atoms with Crippen LogP contribution in [0.15, 0.2) is 0 Å². The summed E-state index contributed by atoms with van der Waals surface area (Å²) < 4.78 is 36.2. The van der Waals surface area contributed by atoms with Gasteiger partial charge in [0.15, 0.2) is 0 Å². The van der Waals surface area contributed by atoms with E-state index in [1.54, 1.807) is 0 Å². The molecule has 0 heterocycles. The molecule has 2 unspecified atom stereocenters. The van der Waals surface area contributed by atoms with Crippen molar-refractivity contribution < 1.29 is 27.9 Å². The number of carbonyl (C=O) groups is 2. The van der Waals surface area contributed by atoms with E-state index in [-0.39, 0.29) is 13.0 Å². The van der Waals surface area contributed by atoms with Crippen molar-refractivity contribution in [1.29, 1.82) is 0 Å². The fraction of sp³-hybridized carbons (Fsp3) is 0.778. The largest absolute Gasteiger partial charge is 0.481 e. The summed E-state index contributed by atoms with van der Waals surface area (Å²) in [6, 6.07) is 0. The third-order valence-electron chi connectivity index (χ3n) is 2.49. The van der Waals surface area contributed by atoms with Gasteiger partial charge in [-0.1, -0.05) is 0 Å². The molecule has 1 fully saturated rings. The maximum Gasteiger partial charge on any atom is 0.406 e. The van der Waals surface area contributed by atoms with Crippen LogP contribution in [0.5, 0.6) is 0 Å². The smallest absolute Gasteiger partial charge is 0.406 e. The van der Waals surface area contributed by atoms with Crippen molar-refractivity contribution in [3.05, 3.63) is 0 Å². The van der Waals surface area contributed by atoms with E-state index in [1.807, 2.05) is 0 Å². The summed E-state index contributed by atoms with van der Waals surface area (Å²) in [7, 11) is 0. The molecule has 0 aliphatic heterocycles. The second-order valence-corrected chi connectivity index (χ2v) is 3.75. The van der Waals surface area contributed by atoms with E-state index in [0.717, 1.165) is 0 Å². The number of aliphatic carboxylic acids is 1. The molecule has 1 aliphatic rings. The number of carboxylic acids is 1. The standard InChI is InChI=1S/C9H12F3NO3/c1-2-13(4-9(10,11)12)7(14)5-3-6(5)8(15)16/h5-6H,2-4H2,1H3,(H,15,16). The van der Waals surface area contributed by atoms with Gasteiger partial charge in [0.25, 0.3) is 0 Å². The van der Waals surface area contributed by atoms with E-state index in [1.165, 1.54) is 6.92 Å². The zero-order valence-corrected chi connectivity index (χ0v) is 8.62. The van der Waals surface area contributed by atoms with E-state index in [2.05, 4.69) is 0 Å². The Hall–Kier alpha value is -1.27. The topological polar surface area (TPSA) is 57.6 Å². The number of carboxylic acid groups (broad SMARTS) is 1. The van der Waals surface area contributed by atoms with Crippen LogP contribution in [0, 0.1) is 11.8 Å². The fourth-order valence-corrected chi connectivity index (χ4v) is 1.54. The normalized spacial score (nSPS) is 24.0. The summed E-state index contributed by atoms with van der Waals surface area (Å²) >= 11 is 0. The van der Waals surface area contributed by atoms with Crippen LogP contribution >= 0.6 is 0 Å². The highest BCUT2D eigenvalue weighted by Crippen LogP contribution is 2.40. The Morgan fingerprint density at radius 2 is 1.94 bits per heavy atom. The zero-order chi connectivity index (χ0) is 12.5. The monoisotopic (exact) mass is 239 g/mol. The molecule has 0 spiro atoms. The van der Waals surface area contributed by atoms with Gasteiger partial charge in [0.05, 0.1) is 11.8 Å². The third-order valence-corrected chi connectivity index (χ3v) is 2.49. The van der Waals surface area contributed by atoms with Gasteiger partial charge < -0.3 is 10.0 Å². The number of amides is 1. The number of nitrogens with zero attached hydrogens (tertiary/aromatic N) is 1. The first-order valence-corrected chi connectivity index (χ1v) is 4.84. The summed E-state index contributed by atoms with van der Waals surface area (Å²) in [6.07, 6.45) is -4.30. The van der Waals surface area contributed by atoms with Crippen LogP contribution in [-0.2, 0) is 9.59 Å². The minimum atomic E-state index is -4.45. The Morgan fingerprint density at radius 1 is 1.38 bits per heavy atom. The van der Waals surface area contributed by atoms with Crippen molar-refractivity contribution in [2.45, 2.75) is 19.5 Å². The highest BCUT2D eigenvalue weighted by atomic mass is 19.4. The molecule has 0 aromatic rings. The molecule has 7 heteroatoms. The zero-order valence-electron chi connectivity index (χ0n) is 8.62. The highest BCUT2D eigenvalue weighted by molar-refractivity contribution is 5.89. The maximum atomic E-state index is 12.1. The Kier molecular flexibility index (Phi) is 3.44. The lowest BCUT2D eigenvalue weighted by Gasteiger charge is -2.22. The average molecular weight is 239 g/mol. The molecule has 16 heavy (non-hydrogen) atoms. The first-order valence-electron chi connectivity index (χ1n) is 4.84. The van der Waals surface area contributed by atoms with Crippen molar-refractivity contribution in [2.24, 2.45) is 11.8 Å². The molecule has 0 aromatic carbocycles. The average Bonchev–Trinajstić information content (AvgIpc) is 2.90. The Balaban J connectivity index is 2.55.